The highest BCUT2D eigenvalue weighted by atomic mass is 16.5. The summed E-state index contributed by atoms with van der Waals surface area (Å²) < 4.78 is 5.76. The number of piperazine rings is 1. The van der Waals surface area contributed by atoms with E-state index >= 15 is 0 Å². The van der Waals surface area contributed by atoms with Gasteiger partial charge in [0.15, 0.2) is 0 Å². The van der Waals surface area contributed by atoms with Gasteiger partial charge in [0.1, 0.15) is 5.60 Å². The van der Waals surface area contributed by atoms with Crippen LogP contribution in [0.4, 0.5) is 0 Å². The van der Waals surface area contributed by atoms with Crippen LogP contribution < -0.4 is 10.1 Å². The van der Waals surface area contributed by atoms with E-state index in [0.29, 0.717) is 24.8 Å². The van der Waals surface area contributed by atoms with E-state index in [1.165, 1.54) is 0 Å². The van der Waals surface area contributed by atoms with Gasteiger partial charge in [-0.15, -0.1) is 0 Å². The van der Waals surface area contributed by atoms with Crippen molar-refractivity contribution < 1.29 is 9.53 Å². The average Bonchev–Trinajstić information content (AvgIpc) is 2.43. The zero-order chi connectivity index (χ0) is 16.2. The van der Waals surface area contributed by atoms with E-state index in [1.54, 1.807) is 0 Å². The second-order valence-corrected chi connectivity index (χ2v) is 6.88. The molecule has 1 aromatic rings. The molecule has 1 aliphatic rings. The molecule has 1 aromatic heterocycles. The molecule has 1 atom stereocenters. The summed E-state index contributed by atoms with van der Waals surface area (Å²) in [5, 5.41) is 3.35. The molecule has 0 radical (unpaired) electrons. The number of ether oxygens (including phenoxy) is 1. The molecule has 1 fully saturated rings. The van der Waals surface area contributed by atoms with E-state index in [0.717, 1.165) is 25.3 Å². The molecule has 0 unspecified atom stereocenters. The molecule has 0 bridgehead atoms. The highest BCUT2D eigenvalue weighted by molar-refractivity contribution is 5.76. The van der Waals surface area contributed by atoms with Crippen LogP contribution in [0.2, 0.25) is 0 Å². The highest BCUT2D eigenvalue weighted by Gasteiger charge is 2.20. The second kappa shape index (κ2) is 7.09. The van der Waals surface area contributed by atoms with Gasteiger partial charge >= 0.3 is 0 Å². The third-order valence-electron chi connectivity index (χ3n) is 3.51. The van der Waals surface area contributed by atoms with Crippen molar-refractivity contribution in [1.82, 2.24) is 15.2 Å². The first-order valence-electron chi connectivity index (χ1n) is 7.99. The molecule has 1 amide bonds. The van der Waals surface area contributed by atoms with Gasteiger partial charge in [-0.1, -0.05) is 6.07 Å². The van der Waals surface area contributed by atoms with Crippen molar-refractivity contribution >= 4 is 5.91 Å². The zero-order valence-electron chi connectivity index (χ0n) is 14.1. The Morgan fingerprint density at radius 3 is 2.91 bits per heavy atom. The summed E-state index contributed by atoms with van der Waals surface area (Å²) in [4.78, 5) is 18.7. The van der Waals surface area contributed by atoms with Crippen LogP contribution in [0.5, 0.6) is 5.88 Å². The maximum absolute atomic E-state index is 12.3. The lowest BCUT2D eigenvalue weighted by Crippen LogP contribution is -2.51. The van der Waals surface area contributed by atoms with E-state index < -0.39 is 0 Å². The Morgan fingerprint density at radius 2 is 2.23 bits per heavy atom. The molecule has 5 nitrogen and oxygen atoms in total. The first-order valence-corrected chi connectivity index (χ1v) is 7.99. The highest BCUT2D eigenvalue weighted by Crippen LogP contribution is 2.16. The molecule has 0 aliphatic carbocycles. The Kier molecular flexibility index (Phi) is 5.40. The lowest BCUT2D eigenvalue weighted by atomic mass is 10.1. The summed E-state index contributed by atoms with van der Waals surface area (Å²) in [5.74, 6) is 0.825. The Balaban J connectivity index is 1.88. The Morgan fingerprint density at radius 1 is 1.45 bits per heavy atom. The smallest absolute Gasteiger partial charge is 0.223 e. The van der Waals surface area contributed by atoms with E-state index in [2.05, 4.69) is 17.2 Å². The van der Waals surface area contributed by atoms with E-state index in [-0.39, 0.29) is 11.5 Å². The summed E-state index contributed by atoms with van der Waals surface area (Å²) in [5.41, 5.74) is 0.636. The first-order chi connectivity index (χ1) is 10.3. The molecular formula is C17H27N3O2. The molecule has 0 saturated carbocycles. The minimum atomic E-state index is -0.265. The van der Waals surface area contributed by atoms with Crippen LogP contribution in [0.1, 0.15) is 39.8 Å². The predicted octanol–water partition coefficient (Wildman–Crippen LogP) is 2.01. The number of aromatic nitrogens is 1. The number of pyridine rings is 1. The normalized spacial score (nSPS) is 19.1. The number of aryl methyl sites for hydroxylation is 1. The van der Waals surface area contributed by atoms with Crippen molar-refractivity contribution in [3.63, 3.8) is 0 Å². The Hall–Kier alpha value is -1.62. The topological polar surface area (TPSA) is 54.5 Å². The van der Waals surface area contributed by atoms with Crippen LogP contribution in [-0.4, -0.2) is 47.1 Å². The van der Waals surface area contributed by atoms with E-state index in [4.69, 9.17) is 4.74 Å². The molecule has 0 aromatic carbocycles. The number of hydrogen-bond acceptors (Lipinski definition) is 4. The Labute approximate surface area is 133 Å². The molecule has 0 spiro atoms. The number of nitrogens with one attached hydrogen (secondary N) is 1. The van der Waals surface area contributed by atoms with E-state index in [9.17, 15) is 4.79 Å². The van der Waals surface area contributed by atoms with E-state index in [1.807, 2.05) is 43.9 Å². The molecule has 22 heavy (non-hydrogen) atoms. The van der Waals surface area contributed by atoms with Gasteiger partial charge in [-0.3, -0.25) is 4.79 Å². The van der Waals surface area contributed by atoms with Crippen LogP contribution >= 0.6 is 0 Å². The zero-order valence-corrected chi connectivity index (χ0v) is 14.1. The summed E-state index contributed by atoms with van der Waals surface area (Å²) in [6.07, 6.45) is 1.15. The second-order valence-electron chi connectivity index (χ2n) is 6.88. The number of nitrogens with zero attached hydrogens (tertiary/aromatic N) is 2. The number of hydrogen-bond donors (Lipinski definition) is 1. The maximum Gasteiger partial charge on any atom is 0.223 e. The molecule has 1 saturated heterocycles. The van der Waals surface area contributed by atoms with Gasteiger partial charge in [-0.05, 0) is 40.2 Å². The van der Waals surface area contributed by atoms with Gasteiger partial charge in [-0.25, -0.2) is 4.98 Å². The van der Waals surface area contributed by atoms with Crippen molar-refractivity contribution in [3.8, 4) is 5.88 Å². The van der Waals surface area contributed by atoms with Gasteiger partial charge < -0.3 is 15.0 Å². The molecule has 2 rings (SSSR count). The summed E-state index contributed by atoms with van der Waals surface area (Å²) in [6, 6.07) is 6.11. The van der Waals surface area contributed by atoms with Crippen molar-refractivity contribution in [3.05, 3.63) is 23.9 Å². The van der Waals surface area contributed by atoms with Gasteiger partial charge in [-0.2, -0.15) is 0 Å². The minimum absolute atomic E-state index is 0.206. The van der Waals surface area contributed by atoms with Crippen LogP contribution in [0.3, 0.4) is 0 Å². The molecule has 5 heteroatoms. The lowest BCUT2D eigenvalue weighted by molar-refractivity contribution is -0.132. The van der Waals surface area contributed by atoms with Crippen molar-refractivity contribution in [2.45, 2.75) is 52.2 Å². The molecule has 1 N–H and O–H groups in total. The Bertz CT molecular complexity index is 511. The fourth-order valence-corrected chi connectivity index (χ4v) is 2.52. The maximum atomic E-state index is 12.3. The fourth-order valence-electron chi connectivity index (χ4n) is 2.52. The van der Waals surface area contributed by atoms with Gasteiger partial charge in [0.25, 0.3) is 0 Å². The fraction of sp³-hybridized carbons (Fsp3) is 0.647. The summed E-state index contributed by atoms with van der Waals surface area (Å²) in [7, 11) is 0. The number of rotatable bonds is 4. The summed E-state index contributed by atoms with van der Waals surface area (Å²) >= 11 is 0. The number of carbonyl (C=O) groups excluding carboxylic acids is 1. The van der Waals surface area contributed by atoms with Crippen molar-refractivity contribution in [1.29, 1.82) is 0 Å². The molecular weight excluding hydrogens is 278 g/mol. The summed E-state index contributed by atoms with van der Waals surface area (Å²) in [6.45, 7) is 10.6. The molecule has 2 heterocycles. The largest absolute Gasteiger partial charge is 0.472 e. The average molecular weight is 305 g/mol. The molecule has 1 aliphatic heterocycles. The van der Waals surface area contributed by atoms with Crippen molar-refractivity contribution in [2.75, 3.05) is 19.6 Å². The number of carbonyl (C=O) groups is 1. The van der Waals surface area contributed by atoms with Gasteiger partial charge in [0, 0.05) is 43.9 Å². The van der Waals surface area contributed by atoms with Crippen LogP contribution in [-0.2, 0) is 11.2 Å². The van der Waals surface area contributed by atoms with Crippen LogP contribution in [0.25, 0.3) is 0 Å². The van der Waals surface area contributed by atoms with Gasteiger partial charge in [0.2, 0.25) is 11.8 Å². The standard InChI is InChI=1S/C17H27N3O2/c1-13-12-20(11-10-18-13)16(21)9-8-14-6-5-7-15(19-14)22-17(2,3)4/h5-7,13,18H,8-12H2,1-4H3/t13-/m1/s1. The van der Waals surface area contributed by atoms with Crippen LogP contribution in [0.15, 0.2) is 18.2 Å². The van der Waals surface area contributed by atoms with Crippen molar-refractivity contribution in [2.24, 2.45) is 0 Å². The number of amides is 1. The quantitative estimate of drug-likeness (QED) is 0.924. The minimum Gasteiger partial charge on any atom is -0.472 e. The third kappa shape index (κ3) is 5.30. The third-order valence-corrected chi connectivity index (χ3v) is 3.51. The van der Waals surface area contributed by atoms with Gasteiger partial charge in [0.05, 0.1) is 0 Å². The first kappa shape index (κ1) is 16.7. The monoisotopic (exact) mass is 305 g/mol. The predicted molar refractivity (Wildman–Crippen MR) is 87.0 cm³/mol. The SMILES string of the molecule is C[C@@H]1CN(C(=O)CCc2cccc(OC(C)(C)C)n2)CCN1. The lowest BCUT2D eigenvalue weighted by Gasteiger charge is -2.32. The molecule has 122 valence electrons. The van der Waals surface area contributed by atoms with Crippen LogP contribution in [0, 0.1) is 0 Å².